The normalized spacial score (nSPS) is 13.7. The average molecular weight is 278 g/mol. The Morgan fingerprint density at radius 2 is 1.85 bits per heavy atom. The lowest BCUT2D eigenvalue weighted by molar-refractivity contribution is 0.142. The van der Waals surface area contributed by atoms with Crippen molar-refractivity contribution in [3.8, 4) is 5.75 Å². The quantitative estimate of drug-likeness (QED) is 0.768. The second kappa shape index (κ2) is 7.65. The van der Waals surface area contributed by atoms with Crippen LogP contribution in [-0.4, -0.2) is 35.7 Å². The molecule has 114 valence electrons. The summed E-state index contributed by atoms with van der Waals surface area (Å²) in [6, 6.07) is 8.06. The van der Waals surface area contributed by atoms with Gasteiger partial charge in [0.1, 0.15) is 5.75 Å². The zero-order valence-corrected chi connectivity index (χ0v) is 13.4. The van der Waals surface area contributed by atoms with E-state index < -0.39 is 0 Å². The molecule has 0 aliphatic heterocycles. The molecule has 0 amide bonds. The van der Waals surface area contributed by atoms with Gasteiger partial charge in [-0.25, -0.2) is 0 Å². The van der Waals surface area contributed by atoms with Crippen molar-refractivity contribution in [3.05, 3.63) is 29.8 Å². The summed E-state index contributed by atoms with van der Waals surface area (Å²) < 4.78 is 0. The van der Waals surface area contributed by atoms with E-state index in [1.165, 1.54) is 5.56 Å². The molecule has 0 heterocycles. The highest BCUT2D eigenvalue weighted by atomic mass is 16.3. The van der Waals surface area contributed by atoms with Crippen LogP contribution in [0.5, 0.6) is 5.75 Å². The summed E-state index contributed by atoms with van der Waals surface area (Å²) in [7, 11) is 0. The van der Waals surface area contributed by atoms with Crippen LogP contribution in [0.15, 0.2) is 24.3 Å². The lowest BCUT2D eigenvalue weighted by Crippen LogP contribution is -2.43. The zero-order chi connectivity index (χ0) is 15.2. The summed E-state index contributed by atoms with van der Waals surface area (Å²) in [4.78, 5) is 2.51. The molecule has 0 saturated carbocycles. The van der Waals surface area contributed by atoms with E-state index in [0.717, 1.165) is 25.9 Å². The van der Waals surface area contributed by atoms with E-state index in [1.54, 1.807) is 12.1 Å². The van der Waals surface area contributed by atoms with Crippen molar-refractivity contribution >= 4 is 0 Å². The number of aryl methyl sites for hydroxylation is 1. The standard InChI is InChI=1S/C17H30N2O/c1-5-19(13-17(3,4)12-18)14(2)6-7-15-8-10-16(20)11-9-15/h8-11,14,20H,5-7,12-13,18H2,1-4H3. The van der Waals surface area contributed by atoms with E-state index in [9.17, 15) is 5.11 Å². The van der Waals surface area contributed by atoms with E-state index in [0.29, 0.717) is 18.3 Å². The SMILES string of the molecule is CCN(CC(C)(C)CN)C(C)CCc1ccc(O)cc1. The van der Waals surface area contributed by atoms with E-state index in [4.69, 9.17) is 5.73 Å². The van der Waals surface area contributed by atoms with Gasteiger partial charge in [-0.3, -0.25) is 0 Å². The highest BCUT2D eigenvalue weighted by molar-refractivity contribution is 5.25. The van der Waals surface area contributed by atoms with Crippen molar-refractivity contribution < 1.29 is 5.11 Å². The number of phenolic OH excluding ortho intramolecular Hbond substituents is 1. The number of aromatic hydroxyl groups is 1. The molecule has 1 rings (SSSR count). The van der Waals surface area contributed by atoms with Gasteiger partial charge in [0.05, 0.1) is 0 Å². The molecule has 1 aromatic carbocycles. The van der Waals surface area contributed by atoms with Gasteiger partial charge in [0.2, 0.25) is 0 Å². The Morgan fingerprint density at radius 3 is 2.35 bits per heavy atom. The minimum Gasteiger partial charge on any atom is -0.508 e. The lowest BCUT2D eigenvalue weighted by atomic mass is 9.92. The number of hydrogen-bond donors (Lipinski definition) is 2. The van der Waals surface area contributed by atoms with Gasteiger partial charge in [0.25, 0.3) is 0 Å². The monoisotopic (exact) mass is 278 g/mol. The molecular formula is C17H30N2O. The van der Waals surface area contributed by atoms with Crippen LogP contribution >= 0.6 is 0 Å². The van der Waals surface area contributed by atoms with Gasteiger partial charge in [-0.1, -0.05) is 32.9 Å². The van der Waals surface area contributed by atoms with E-state index in [-0.39, 0.29) is 5.41 Å². The van der Waals surface area contributed by atoms with E-state index >= 15 is 0 Å². The Balaban J connectivity index is 2.50. The first-order chi connectivity index (χ1) is 9.38. The Kier molecular flexibility index (Phi) is 6.50. The number of benzene rings is 1. The molecular weight excluding hydrogens is 248 g/mol. The summed E-state index contributed by atoms with van der Waals surface area (Å²) in [5.74, 6) is 0.335. The third kappa shape index (κ3) is 5.51. The van der Waals surface area contributed by atoms with Gasteiger partial charge >= 0.3 is 0 Å². The van der Waals surface area contributed by atoms with Crippen molar-refractivity contribution in [2.24, 2.45) is 11.1 Å². The maximum Gasteiger partial charge on any atom is 0.115 e. The fraction of sp³-hybridized carbons (Fsp3) is 0.647. The molecule has 1 atom stereocenters. The predicted molar refractivity (Wildman–Crippen MR) is 86.0 cm³/mol. The lowest BCUT2D eigenvalue weighted by Gasteiger charge is -2.35. The molecule has 20 heavy (non-hydrogen) atoms. The Hall–Kier alpha value is -1.06. The van der Waals surface area contributed by atoms with Crippen LogP contribution in [0, 0.1) is 5.41 Å². The first-order valence-electron chi connectivity index (χ1n) is 7.60. The van der Waals surface area contributed by atoms with Crippen LogP contribution in [0.4, 0.5) is 0 Å². The van der Waals surface area contributed by atoms with Crippen molar-refractivity contribution in [1.29, 1.82) is 0 Å². The Bertz CT molecular complexity index is 386. The number of nitrogens with two attached hydrogens (primary N) is 1. The van der Waals surface area contributed by atoms with Crippen LogP contribution < -0.4 is 5.73 Å². The summed E-state index contributed by atoms with van der Waals surface area (Å²) in [6.45, 7) is 11.8. The van der Waals surface area contributed by atoms with Crippen LogP contribution in [0.25, 0.3) is 0 Å². The molecule has 3 nitrogen and oxygen atoms in total. The molecule has 0 radical (unpaired) electrons. The van der Waals surface area contributed by atoms with Crippen molar-refractivity contribution in [3.63, 3.8) is 0 Å². The molecule has 0 fully saturated rings. The zero-order valence-electron chi connectivity index (χ0n) is 13.4. The first-order valence-corrected chi connectivity index (χ1v) is 7.60. The first kappa shape index (κ1) is 17.0. The van der Waals surface area contributed by atoms with Gasteiger partial charge in [0, 0.05) is 12.6 Å². The summed E-state index contributed by atoms with van der Waals surface area (Å²) >= 11 is 0. The molecule has 0 aromatic heterocycles. The van der Waals surface area contributed by atoms with Crippen LogP contribution in [0.2, 0.25) is 0 Å². The largest absolute Gasteiger partial charge is 0.508 e. The summed E-state index contributed by atoms with van der Waals surface area (Å²) in [6.07, 6.45) is 2.17. The third-order valence-corrected chi connectivity index (χ3v) is 4.00. The second-order valence-electron chi connectivity index (χ2n) is 6.49. The number of rotatable bonds is 8. The van der Waals surface area contributed by atoms with Crippen LogP contribution in [0.3, 0.4) is 0 Å². The van der Waals surface area contributed by atoms with Gasteiger partial charge in [-0.05, 0) is 56.0 Å². The number of nitrogens with zero attached hydrogens (tertiary/aromatic N) is 1. The molecule has 3 N–H and O–H groups in total. The highest BCUT2D eigenvalue weighted by Crippen LogP contribution is 2.19. The van der Waals surface area contributed by atoms with Crippen molar-refractivity contribution in [1.82, 2.24) is 4.90 Å². The van der Waals surface area contributed by atoms with Gasteiger partial charge in [-0.15, -0.1) is 0 Å². The second-order valence-corrected chi connectivity index (χ2v) is 6.49. The highest BCUT2D eigenvalue weighted by Gasteiger charge is 2.22. The van der Waals surface area contributed by atoms with Gasteiger partial charge < -0.3 is 15.7 Å². The minimum atomic E-state index is 0.169. The molecule has 3 heteroatoms. The maximum atomic E-state index is 9.30. The average Bonchev–Trinajstić information content (AvgIpc) is 2.44. The molecule has 1 unspecified atom stereocenters. The molecule has 1 aromatic rings. The summed E-state index contributed by atoms with van der Waals surface area (Å²) in [5.41, 5.74) is 7.29. The van der Waals surface area contributed by atoms with Crippen LogP contribution in [0.1, 0.15) is 39.7 Å². The van der Waals surface area contributed by atoms with E-state index in [1.807, 2.05) is 12.1 Å². The smallest absolute Gasteiger partial charge is 0.115 e. The third-order valence-electron chi connectivity index (χ3n) is 4.00. The Labute approximate surface area is 123 Å². The minimum absolute atomic E-state index is 0.169. The summed E-state index contributed by atoms with van der Waals surface area (Å²) in [5, 5.41) is 9.30. The number of phenols is 1. The molecule has 0 saturated heterocycles. The van der Waals surface area contributed by atoms with Crippen molar-refractivity contribution in [2.45, 2.75) is 46.6 Å². The molecule has 0 aliphatic carbocycles. The fourth-order valence-corrected chi connectivity index (χ4v) is 2.41. The van der Waals surface area contributed by atoms with Gasteiger partial charge in [0.15, 0.2) is 0 Å². The predicted octanol–water partition coefficient (Wildman–Crippen LogP) is 3.02. The molecule has 0 bridgehead atoms. The van der Waals surface area contributed by atoms with E-state index in [2.05, 4.69) is 32.6 Å². The molecule has 0 aliphatic rings. The van der Waals surface area contributed by atoms with Crippen molar-refractivity contribution in [2.75, 3.05) is 19.6 Å². The number of hydrogen-bond acceptors (Lipinski definition) is 3. The Morgan fingerprint density at radius 1 is 1.25 bits per heavy atom. The topological polar surface area (TPSA) is 49.5 Å². The maximum absolute atomic E-state index is 9.30. The fourth-order valence-electron chi connectivity index (χ4n) is 2.41. The molecule has 0 spiro atoms. The van der Waals surface area contributed by atoms with Crippen LogP contribution in [-0.2, 0) is 6.42 Å². The van der Waals surface area contributed by atoms with Gasteiger partial charge in [-0.2, -0.15) is 0 Å².